The summed E-state index contributed by atoms with van der Waals surface area (Å²) < 4.78 is 48.9. The van der Waals surface area contributed by atoms with Crippen LogP contribution >= 0.6 is 0 Å². The van der Waals surface area contributed by atoms with E-state index in [9.17, 15) is 27.2 Å². The van der Waals surface area contributed by atoms with Crippen LogP contribution in [0.25, 0.3) is 0 Å². The Bertz CT molecular complexity index is 304. The maximum absolute atomic E-state index is 12.9. The van der Waals surface area contributed by atoms with Gasteiger partial charge in [-0.3, -0.25) is 4.79 Å². The third-order valence-corrected chi connectivity index (χ3v) is 2.40. The molecule has 1 aliphatic heterocycles. The molecule has 1 fully saturated rings. The van der Waals surface area contributed by atoms with Gasteiger partial charge in [0.2, 0.25) is 6.17 Å². The number of likely N-dealkylation sites (tertiary alicyclic amines) is 1. The van der Waals surface area contributed by atoms with Crippen molar-refractivity contribution in [2.24, 2.45) is 5.92 Å². The van der Waals surface area contributed by atoms with Crippen molar-refractivity contribution in [2.75, 3.05) is 13.1 Å². The Morgan fingerprint density at radius 1 is 1.38 bits per heavy atom. The van der Waals surface area contributed by atoms with Crippen LogP contribution in [0.3, 0.4) is 0 Å². The van der Waals surface area contributed by atoms with Crippen molar-refractivity contribution in [3.8, 4) is 0 Å². The second kappa shape index (κ2) is 4.26. The fourth-order valence-electron chi connectivity index (χ4n) is 1.59. The number of amides is 1. The van der Waals surface area contributed by atoms with Gasteiger partial charge >= 0.3 is 18.1 Å². The Morgan fingerprint density at radius 2 is 1.94 bits per heavy atom. The van der Waals surface area contributed by atoms with Crippen molar-refractivity contribution in [3.05, 3.63) is 0 Å². The van der Waals surface area contributed by atoms with Crippen LogP contribution in [0.5, 0.6) is 0 Å². The normalized spacial score (nSPS) is 23.2. The molecule has 0 radical (unpaired) electrons. The largest absolute Gasteiger partial charge is 0.479 e. The van der Waals surface area contributed by atoms with Gasteiger partial charge in [-0.25, -0.2) is 9.18 Å². The first-order chi connectivity index (χ1) is 7.23. The molecule has 0 saturated carbocycles. The van der Waals surface area contributed by atoms with E-state index in [-0.39, 0.29) is 13.0 Å². The van der Waals surface area contributed by atoms with E-state index < -0.39 is 36.7 Å². The van der Waals surface area contributed by atoms with Gasteiger partial charge in [-0.2, -0.15) is 13.2 Å². The highest BCUT2D eigenvalue weighted by Gasteiger charge is 2.46. The van der Waals surface area contributed by atoms with Crippen LogP contribution in [-0.4, -0.2) is 47.3 Å². The van der Waals surface area contributed by atoms with E-state index in [1.54, 1.807) is 0 Å². The molecule has 1 aliphatic rings. The van der Waals surface area contributed by atoms with Gasteiger partial charge in [0.25, 0.3) is 0 Å². The number of carbonyl (C=O) groups excluding carboxylic acids is 1. The van der Waals surface area contributed by atoms with E-state index in [1.807, 2.05) is 0 Å². The van der Waals surface area contributed by atoms with Crippen LogP contribution in [0.4, 0.5) is 17.6 Å². The molecule has 1 heterocycles. The zero-order valence-corrected chi connectivity index (χ0v) is 8.00. The number of nitrogens with zero attached hydrogens (tertiary/aromatic N) is 1. The van der Waals surface area contributed by atoms with Crippen molar-refractivity contribution in [2.45, 2.75) is 18.8 Å². The summed E-state index contributed by atoms with van der Waals surface area (Å²) in [6, 6.07) is 0. The Hall–Kier alpha value is -1.34. The van der Waals surface area contributed by atoms with E-state index in [1.165, 1.54) is 0 Å². The lowest BCUT2D eigenvalue weighted by Gasteiger charge is -2.18. The average Bonchev–Trinajstić information content (AvgIpc) is 2.62. The van der Waals surface area contributed by atoms with Gasteiger partial charge in [0.1, 0.15) is 0 Å². The number of hydrogen-bond donors (Lipinski definition) is 1. The maximum atomic E-state index is 12.9. The lowest BCUT2D eigenvalue weighted by Crippen LogP contribution is -2.40. The van der Waals surface area contributed by atoms with E-state index in [4.69, 9.17) is 5.11 Å². The molecular formula is C8H9F4NO3. The molecule has 0 aromatic rings. The summed E-state index contributed by atoms with van der Waals surface area (Å²) in [7, 11) is 0. The Morgan fingerprint density at radius 3 is 2.38 bits per heavy atom. The fourth-order valence-corrected chi connectivity index (χ4v) is 1.59. The number of rotatable bonds is 2. The van der Waals surface area contributed by atoms with Gasteiger partial charge in [0.05, 0.1) is 0 Å². The predicted molar refractivity (Wildman–Crippen MR) is 43.3 cm³/mol. The second-order valence-corrected chi connectivity index (χ2v) is 3.54. The van der Waals surface area contributed by atoms with Crippen LogP contribution in [0.2, 0.25) is 0 Å². The van der Waals surface area contributed by atoms with Crippen LogP contribution < -0.4 is 0 Å². The van der Waals surface area contributed by atoms with Gasteiger partial charge < -0.3 is 10.0 Å². The van der Waals surface area contributed by atoms with Crippen molar-refractivity contribution < 1.29 is 32.3 Å². The first-order valence-corrected chi connectivity index (χ1v) is 4.46. The van der Waals surface area contributed by atoms with Crippen molar-refractivity contribution in [1.29, 1.82) is 0 Å². The van der Waals surface area contributed by atoms with Gasteiger partial charge in [-0.1, -0.05) is 0 Å². The summed E-state index contributed by atoms with van der Waals surface area (Å²) in [6.07, 6.45) is -7.30. The zero-order valence-electron chi connectivity index (χ0n) is 8.00. The Balaban J connectivity index is 2.60. The summed E-state index contributed by atoms with van der Waals surface area (Å²) in [5, 5.41) is 8.33. The van der Waals surface area contributed by atoms with Crippen LogP contribution in [0, 0.1) is 5.92 Å². The molecule has 0 aromatic heterocycles. The summed E-state index contributed by atoms with van der Waals surface area (Å²) in [6.45, 7) is -0.775. The van der Waals surface area contributed by atoms with Gasteiger partial charge in [-0.15, -0.1) is 0 Å². The van der Waals surface area contributed by atoms with E-state index in [2.05, 4.69) is 0 Å². The highest BCUT2D eigenvalue weighted by Crippen LogP contribution is 2.26. The summed E-state index contributed by atoms with van der Waals surface area (Å²) in [4.78, 5) is 21.4. The highest BCUT2D eigenvalue weighted by atomic mass is 19.4. The van der Waals surface area contributed by atoms with E-state index in [0.717, 1.165) is 0 Å². The molecule has 1 saturated heterocycles. The SMILES string of the molecule is O=C(O)C(F)C1CCN(C(=O)C(F)(F)F)C1. The van der Waals surface area contributed by atoms with Crippen LogP contribution in [0.1, 0.15) is 6.42 Å². The van der Waals surface area contributed by atoms with Gasteiger partial charge in [0, 0.05) is 19.0 Å². The third-order valence-electron chi connectivity index (χ3n) is 2.40. The quantitative estimate of drug-likeness (QED) is 0.730. The number of carbonyl (C=O) groups is 2. The minimum atomic E-state index is -5.00. The average molecular weight is 243 g/mol. The topological polar surface area (TPSA) is 57.6 Å². The molecule has 1 N–H and O–H groups in total. The van der Waals surface area contributed by atoms with Crippen molar-refractivity contribution in [3.63, 3.8) is 0 Å². The second-order valence-electron chi connectivity index (χ2n) is 3.54. The predicted octanol–water partition coefficient (Wildman–Crippen LogP) is 0.820. The van der Waals surface area contributed by atoms with Crippen molar-refractivity contribution in [1.82, 2.24) is 4.90 Å². The molecule has 4 nitrogen and oxygen atoms in total. The zero-order chi connectivity index (χ0) is 12.5. The number of carboxylic acid groups (broad SMARTS) is 1. The smallest absolute Gasteiger partial charge is 0.471 e. The third kappa shape index (κ3) is 2.61. The molecular weight excluding hydrogens is 234 g/mol. The maximum Gasteiger partial charge on any atom is 0.471 e. The highest BCUT2D eigenvalue weighted by molar-refractivity contribution is 5.82. The summed E-state index contributed by atoms with van der Waals surface area (Å²) in [5.74, 6) is -4.83. The Kier molecular flexibility index (Phi) is 3.39. The molecule has 92 valence electrons. The molecule has 1 rings (SSSR count). The molecule has 2 atom stereocenters. The Labute approximate surface area is 87.8 Å². The number of aliphatic carboxylic acids is 1. The van der Waals surface area contributed by atoms with Gasteiger partial charge in [0.15, 0.2) is 0 Å². The summed E-state index contributed by atoms with van der Waals surface area (Å²) >= 11 is 0. The standard InChI is InChI=1S/C8H9F4NO3/c9-5(6(14)15)4-1-2-13(3-4)7(16)8(10,11)12/h4-5H,1-3H2,(H,14,15). The van der Waals surface area contributed by atoms with Gasteiger partial charge in [-0.05, 0) is 6.42 Å². The first-order valence-electron chi connectivity index (χ1n) is 4.46. The molecule has 0 bridgehead atoms. The molecule has 0 aliphatic carbocycles. The number of hydrogen-bond acceptors (Lipinski definition) is 2. The number of carboxylic acids is 1. The molecule has 0 aromatic carbocycles. The monoisotopic (exact) mass is 243 g/mol. The van der Waals surface area contributed by atoms with E-state index >= 15 is 0 Å². The van der Waals surface area contributed by atoms with Crippen LogP contribution in [-0.2, 0) is 9.59 Å². The molecule has 16 heavy (non-hydrogen) atoms. The summed E-state index contributed by atoms with van der Waals surface area (Å²) in [5.41, 5.74) is 0. The fraction of sp³-hybridized carbons (Fsp3) is 0.750. The molecule has 2 unspecified atom stereocenters. The molecule has 0 spiro atoms. The lowest BCUT2D eigenvalue weighted by atomic mass is 10.0. The van der Waals surface area contributed by atoms with Crippen molar-refractivity contribution >= 4 is 11.9 Å². The minimum Gasteiger partial charge on any atom is -0.479 e. The van der Waals surface area contributed by atoms with E-state index in [0.29, 0.717) is 4.90 Å². The minimum absolute atomic E-state index is 0.0741. The first kappa shape index (κ1) is 12.7. The lowest BCUT2D eigenvalue weighted by molar-refractivity contribution is -0.184. The number of alkyl halides is 4. The van der Waals surface area contributed by atoms with Crippen LogP contribution in [0.15, 0.2) is 0 Å². The molecule has 8 heteroatoms. The number of halogens is 4. The molecule has 1 amide bonds.